The first kappa shape index (κ1) is 13.4. The molecule has 1 aliphatic heterocycles. The van der Waals surface area contributed by atoms with Crippen molar-refractivity contribution in [2.45, 2.75) is 17.7 Å². The summed E-state index contributed by atoms with van der Waals surface area (Å²) < 4.78 is 28.5. The van der Waals surface area contributed by atoms with E-state index in [4.69, 9.17) is 4.74 Å². The zero-order valence-corrected chi connectivity index (χ0v) is 11.4. The van der Waals surface area contributed by atoms with Crippen molar-refractivity contribution in [3.8, 4) is 5.75 Å². The molecule has 1 aliphatic rings. The number of hydrogen-bond donors (Lipinski definition) is 1. The van der Waals surface area contributed by atoms with Gasteiger partial charge in [-0.3, -0.25) is 0 Å². The molecule has 0 aliphatic carbocycles. The lowest BCUT2D eigenvalue weighted by Gasteiger charge is -2.22. The maximum Gasteiger partial charge on any atom is 0.175 e. The topological polar surface area (TPSA) is 55.4 Å². The van der Waals surface area contributed by atoms with Crippen LogP contribution in [0, 0.1) is 5.92 Å². The second-order valence-electron chi connectivity index (χ2n) is 4.77. The van der Waals surface area contributed by atoms with Crippen LogP contribution in [0.1, 0.15) is 12.8 Å². The zero-order valence-electron chi connectivity index (χ0n) is 10.6. The van der Waals surface area contributed by atoms with Crippen LogP contribution in [-0.2, 0) is 9.84 Å². The first-order valence-electron chi connectivity index (χ1n) is 6.19. The highest BCUT2D eigenvalue weighted by Gasteiger charge is 2.14. The Morgan fingerprint density at radius 3 is 2.94 bits per heavy atom. The summed E-state index contributed by atoms with van der Waals surface area (Å²) in [4.78, 5) is 0.307. The van der Waals surface area contributed by atoms with Gasteiger partial charge in [-0.25, -0.2) is 8.42 Å². The fourth-order valence-corrected chi connectivity index (χ4v) is 2.73. The summed E-state index contributed by atoms with van der Waals surface area (Å²) in [5, 5.41) is 3.33. The van der Waals surface area contributed by atoms with Crippen LogP contribution in [0.4, 0.5) is 0 Å². The highest BCUT2D eigenvalue weighted by molar-refractivity contribution is 7.90. The largest absolute Gasteiger partial charge is 0.493 e. The molecule has 100 valence electrons. The Bertz CT molecular complexity index is 493. The normalized spacial score (nSPS) is 20.6. The van der Waals surface area contributed by atoms with Crippen molar-refractivity contribution in [2.75, 3.05) is 26.0 Å². The van der Waals surface area contributed by atoms with Crippen molar-refractivity contribution in [1.82, 2.24) is 5.32 Å². The van der Waals surface area contributed by atoms with E-state index >= 15 is 0 Å². The third-order valence-corrected chi connectivity index (χ3v) is 4.23. The van der Waals surface area contributed by atoms with Gasteiger partial charge in [-0.1, -0.05) is 6.07 Å². The minimum Gasteiger partial charge on any atom is -0.493 e. The molecule has 1 aromatic rings. The molecular weight excluding hydrogens is 250 g/mol. The molecule has 18 heavy (non-hydrogen) atoms. The third-order valence-electron chi connectivity index (χ3n) is 3.12. The molecule has 1 aromatic carbocycles. The maximum absolute atomic E-state index is 11.4. The number of rotatable bonds is 4. The average molecular weight is 269 g/mol. The SMILES string of the molecule is CS(=O)(=O)c1cccc(OCC2CCCNC2)c1. The van der Waals surface area contributed by atoms with Gasteiger partial charge in [0.15, 0.2) is 9.84 Å². The lowest BCUT2D eigenvalue weighted by Crippen LogP contribution is -2.33. The standard InChI is InChI=1S/C13H19NO3S/c1-18(15,16)13-6-2-5-12(8-13)17-10-11-4-3-7-14-9-11/h2,5-6,8,11,14H,3-4,7,9-10H2,1H3. The van der Waals surface area contributed by atoms with E-state index in [1.807, 2.05) is 0 Å². The van der Waals surface area contributed by atoms with Crippen LogP contribution in [0.2, 0.25) is 0 Å². The number of hydrogen-bond acceptors (Lipinski definition) is 4. The highest BCUT2D eigenvalue weighted by Crippen LogP contribution is 2.19. The van der Waals surface area contributed by atoms with E-state index in [2.05, 4.69) is 5.32 Å². The quantitative estimate of drug-likeness (QED) is 0.899. The average Bonchev–Trinajstić information content (AvgIpc) is 2.37. The Morgan fingerprint density at radius 1 is 1.44 bits per heavy atom. The van der Waals surface area contributed by atoms with Crippen LogP contribution in [0.3, 0.4) is 0 Å². The van der Waals surface area contributed by atoms with Crippen molar-refractivity contribution in [3.05, 3.63) is 24.3 Å². The number of sulfone groups is 1. The summed E-state index contributed by atoms with van der Waals surface area (Å²) in [5.41, 5.74) is 0. The van der Waals surface area contributed by atoms with E-state index in [0.717, 1.165) is 13.1 Å². The second-order valence-corrected chi connectivity index (χ2v) is 6.79. The highest BCUT2D eigenvalue weighted by atomic mass is 32.2. The molecule has 1 fully saturated rings. The predicted octanol–water partition coefficient (Wildman–Crippen LogP) is 1.47. The summed E-state index contributed by atoms with van der Waals surface area (Å²) in [5.74, 6) is 1.14. The van der Waals surface area contributed by atoms with Gasteiger partial charge >= 0.3 is 0 Å². The molecule has 0 saturated carbocycles. The number of piperidine rings is 1. The van der Waals surface area contributed by atoms with Crippen molar-refractivity contribution in [3.63, 3.8) is 0 Å². The Hall–Kier alpha value is -1.07. The van der Waals surface area contributed by atoms with E-state index in [9.17, 15) is 8.42 Å². The van der Waals surface area contributed by atoms with Crippen LogP contribution in [0.5, 0.6) is 5.75 Å². The number of benzene rings is 1. The predicted molar refractivity (Wildman–Crippen MR) is 70.6 cm³/mol. The molecule has 0 amide bonds. The van der Waals surface area contributed by atoms with Crippen molar-refractivity contribution in [2.24, 2.45) is 5.92 Å². The molecule has 1 heterocycles. The molecule has 0 radical (unpaired) electrons. The van der Waals surface area contributed by atoms with Crippen molar-refractivity contribution in [1.29, 1.82) is 0 Å². The molecular formula is C13H19NO3S. The lowest BCUT2D eigenvalue weighted by atomic mass is 10.0. The maximum atomic E-state index is 11.4. The molecule has 1 unspecified atom stereocenters. The molecule has 1 N–H and O–H groups in total. The van der Waals surface area contributed by atoms with Gasteiger partial charge < -0.3 is 10.1 Å². The van der Waals surface area contributed by atoms with Crippen molar-refractivity contribution >= 4 is 9.84 Å². The molecule has 1 atom stereocenters. The molecule has 1 saturated heterocycles. The van der Waals surface area contributed by atoms with Gasteiger partial charge in [-0.05, 0) is 37.6 Å². The molecule has 2 rings (SSSR count). The van der Waals surface area contributed by atoms with Gasteiger partial charge in [-0.15, -0.1) is 0 Å². The van der Waals surface area contributed by atoms with Crippen LogP contribution in [0.15, 0.2) is 29.2 Å². The smallest absolute Gasteiger partial charge is 0.175 e. The minimum atomic E-state index is -3.16. The van der Waals surface area contributed by atoms with Crippen LogP contribution < -0.4 is 10.1 Å². The van der Waals surface area contributed by atoms with Crippen LogP contribution >= 0.6 is 0 Å². The van der Waals surface area contributed by atoms with Gasteiger partial charge in [0, 0.05) is 18.7 Å². The van der Waals surface area contributed by atoms with Gasteiger partial charge in [0.25, 0.3) is 0 Å². The van der Waals surface area contributed by atoms with Crippen LogP contribution in [-0.4, -0.2) is 34.4 Å². The summed E-state index contributed by atoms with van der Waals surface area (Å²) in [6.45, 7) is 2.70. The summed E-state index contributed by atoms with van der Waals surface area (Å²) in [6.07, 6.45) is 3.55. The molecule has 5 heteroatoms. The van der Waals surface area contributed by atoms with Gasteiger partial charge in [0.2, 0.25) is 0 Å². The van der Waals surface area contributed by atoms with Gasteiger partial charge in [-0.2, -0.15) is 0 Å². The van der Waals surface area contributed by atoms with E-state index in [0.29, 0.717) is 23.2 Å². The molecule has 0 bridgehead atoms. The Balaban J connectivity index is 1.97. The first-order chi connectivity index (χ1) is 8.55. The third kappa shape index (κ3) is 3.71. The molecule has 0 spiro atoms. The minimum absolute atomic E-state index is 0.307. The second kappa shape index (κ2) is 5.71. The number of ether oxygens (including phenoxy) is 1. The van der Waals surface area contributed by atoms with E-state index in [1.165, 1.54) is 19.1 Å². The first-order valence-corrected chi connectivity index (χ1v) is 8.08. The summed E-state index contributed by atoms with van der Waals surface area (Å²) in [7, 11) is -3.16. The summed E-state index contributed by atoms with van der Waals surface area (Å²) >= 11 is 0. The Kier molecular flexibility index (Phi) is 4.24. The van der Waals surface area contributed by atoms with E-state index in [-0.39, 0.29) is 0 Å². The summed E-state index contributed by atoms with van der Waals surface area (Å²) in [6, 6.07) is 6.69. The molecule has 4 nitrogen and oxygen atoms in total. The van der Waals surface area contributed by atoms with Gasteiger partial charge in [0.1, 0.15) is 5.75 Å². The number of nitrogens with one attached hydrogen (secondary N) is 1. The molecule has 0 aromatic heterocycles. The van der Waals surface area contributed by atoms with E-state index < -0.39 is 9.84 Å². The Morgan fingerprint density at radius 2 is 2.28 bits per heavy atom. The monoisotopic (exact) mass is 269 g/mol. The fraction of sp³-hybridized carbons (Fsp3) is 0.538. The Labute approximate surface area is 108 Å². The zero-order chi connectivity index (χ0) is 13.0. The van der Waals surface area contributed by atoms with Crippen LogP contribution in [0.25, 0.3) is 0 Å². The van der Waals surface area contributed by atoms with Gasteiger partial charge in [0.05, 0.1) is 11.5 Å². The lowest BCUT2D eigenvalue weighted by molar-refractivity contribution is 0.218. The fourth-order valence-electron chi connectivity index (χ4n) is 2.07. The van der Waals surface area contributed by atoms with Crippen molar-refractivity contribution < 1.29 is 13.2 Å². The van der Waals surface area contributed by atoms with E-state index in [1.54, 1.807) is 24.3 Å².